The lowest BCUT2D eigenvalue weighted by Gasteiger charge is -2.45. The van der Waals surface area contributed by atoms with Gasteiger partial charge in [0.05, 0.1) is 0 Å². The minimum atomic E-state index is -2.48. The second kappa shape index (κ2) is 10.4. The SMILES string of the molecule is Cc1ccc2c(c1)N(Cc1ccc([Si](c3ccccc3)(c3ccccc3)c3ccccc3)cc1)C(C)(C)CC2. The van der Waals surface area contributed by atoms with Gasteiger partial charge in [0.1, 0.15) is 0 Å². The first-order chi connectivity index (χ1) is 19.0. The molecule has 0 spiro atoms. The summed E-state index contributed by atoms with van der Waals surface area (Å²) in [5, 5.41) is 5.66. The first-order valence-corrected chi connectivity index (χ1v) is 16.1. The lowest BCUT2D eigenvalue weighted by Crippen LogP contribution is -2.74. The van der Waals surface area contributed by atoms with Gasteiger partial charge in [-0.3, -0.25) is 0 Å². The van der Waals surface area contributed by atoms with Gasteiger partial charge in [0.15, 0.2) is 8.07 Å². The summed E-state index contributed by atoms with van der Waals surface area (Å²) >= 11 is 0. The summed E-state index contributed by atoms with van der Waals surface area (Å²) in [4.78, 5) is 2.63. The summed E-state index contributed by atoms with van der Waals surface area (Å²) in [5.41, 5.74) is 5.68. The van der Waals surface area contributed by atoms with Crippen molar-refractivity contribution in [3.05, 3.63) is 150 Å². The Morgan fingerprint density at radius 3 is 1.62 bits per heavy atom. The number of aryl methyl sites for hydroxylation is 2. The van der Waals surface area contributed by atoms with E-state index in [0.29, 0.717) is 0 Å². The van der Waals surface area contributed by atoms with Crippen molar-refractivity contribution >= 4 is 34.5 Å². The van der Waals surface area contributed by atoms with Crippen LogP contribution >= 0.6 is 0 Å². The molecule has 0 radical (unpaired) electrons. The average Bonchev–Trinajstić information content (AvgIpc) is 2.97. The molecule has 0 N–H and O–H groups in total. The van der Waals surface area contributed by atoms with E-state index in [4.69, 9.17) is 0 Å². The van der Waals surface area contributed by atoms with E-state index >= 15 is 0 Å². The third-order valence-electron chi connectivity index (χ3n) is 8.62. The fourth-order valence-electron chi connectivity index (χ4n) is 6.44. The summed E-state index contributed by atoms with van der Waals surface area (Å²) in [6.45, 7) is 7.91. The molecule has 0 saturated carbocycles. The zero-order valence-electron chi connectivity index (χ0n) is 23.3. The lowest BCUT2D eigenvalue weighted by molar-refractivity contribution is 0.406. The Balaban J connectivity index is 1.46. The van der Waals surface area contributed by atoms with Gasteiger partial charge in [0.2, 0.25) is 0 Å². The normalized spacial score (nSPS) is 14.6. The van der Waals surface area contributed by atoms with Crippen LogP contribution in [-0.4, -0.2) is 13.6 Å². The van der Waals surface area contributed by atoms with Gasteiger partial charge in [0.25, 0.3) is 0 Å². The van der Waals surface area contributed by atoms with Crippen molar-refractivity contribution < 1.29 is 0 Å². The average molecular weight is 524 g/mol. The fourth-order valence-corrected chi connectivity index (χ4v) is 11.2. The molecule has 0 aromatic heterocycles. The second-order valence-electron chi connectivity index (χ2n) is 11.6. The smallest absolute Gasteiger partial charge is 0.179 e. The predicted octanol–water partition coefficient (Wildman–Crippen LogP) is 6.10. The van der Waals surface area contributed by atoms with Gasteiger partial charge >= 0.3 is 0 Å². The third kappa shape index (κ3) is 4.64. The molecule has 1 heterocycles. The molecule has 0 fully saturated rings. The number of fused-ring (bicyclic) bond motifs is 1. The van der Waals surface area contributed by atoms with Crippen LogP contribution in [0.3, 0.4) is 0 Å². The van der Waals surface area contributed by atoms with Crippen molar-refractivity contribution in [2.45, 2.75) is 45.7 Å². The first-order valence-electron chi connectivity index (χ1n) is 14.1. The van der Waals surface area contributed by atoms with Gasteiger partial charge in [-0.2, -0.15) is 0 Å². The molecule has 5 aromatic carbocycles. The van der Waals surface area contributed by atoms with E-state index in [2.05, 4.69) is 159 Å². The molecule has 0 aliphatic carbocycles. The van der Waals surface area contributed by atoms with Crippen molar-refractivity contribution in [2.75, 3.05) is 4.90 Å². The van der Waals surface area contributed by atoms with Gasteiger partial charge in [-0.25, -0.2) is 0 Å². The molecule has 39 heavy (non-hydrogen) atoms. The van der Waals surface area contributed by atoms with Gasteiger partial charge in [0, 0.05) is 17.8 Å². The van der Waals surface area contributed by atoms with Crippen molar-refractivity contribution in [1.29, 1.82) is 0 Å². The highest BCUT2D eigenvalue weighted by molar-refractivity contribution is 7.19. The van der Waals surface area contributed by atoms with Crippen LogP contribution in [0.1, 0.15) is 37.0 Å². The van der Waals surface area contributed by atoms with E-state index in [0.717, 1.165) is 13.0 Å². The van der Waals surface area contributed by atoms with Crippen LogP contribution in [0.2, 0.25) is 0 Å². The molecule has 1 aliphatic heterocycles. The van der Waals surface area contributed by atoms with Crippen molar-refractivity contribution in [1.82, 2.24) is 0 Å². The first kappa shape index (κ1) is 25.4. The Morgan fingerprint density at radius 2 is 1.10 bits per heavy atom. The largest absolute Gasteiger partial charge is 0.362 e. The van der Waals surface area contributed by atoms with Crippen LogP contribution < -0.4 is 25.6 Å². The molecule has 5 aromatic rings. The second-order valence-corrected chi connectivity index (χ2v) is 15.4. The Labute approximate surface area is 234 Å². The highest BCUT2D eigenvalue weighted by atomic mass is 28.3. The van der Waals surface area contributed by atoms with E-state index in [-0.39, 0.29) is 5.54 Å². The van der Waals surface area contributed by atoms with E-state index < -0.39 is 8.07 Å². The van der Waals surface area contributed by atoms with Crippen molar-refractivity contribution in [3.8, 4) is 0 Å². The Bertz CT molecular complexity index is 1440. The molecule has 0 unspecified atom stereocenters. The van der Waals surface area contributed by atoms with Crippen LogP contribution in [0.25, 0.3) is 0 Å². The lowest BCUT2D eigenvalue weighted by atomic mass is 9.86. The minimum Gasteiger partial charge on any atom is -0.362 e. The number of anilines is 1. The number of hydrogen-bond donors (Lipinski definition) is 0. The standard InChI is InChI=1S/C37H37NSi/c1-29-19-22-31-25-26-37(2,3)38(36(31)27-29)28-30-20-23-35(24-21-30)39(32-13-7-4-8-14-32,33-15-9-5-10-16-33)34-17-11-6-12-18-34/h4-24,27H,25-26,28H2,1-3H3. The van der Waals surface area contributed by atoms with Crippen LogP contribution in [0.4, 0.5) is 5.69 Å². The molecule has 194 valence electrons. The van der Waals surface area contributed by atoms with Crippen molar-refractivity contribution in [2.24, 2.45) is 0 Å². The quantitative estimate of drug-likeness (QED) is 0.192. The van der Waals surface area contributed by atoms with Crippen LogP contribution in [0, 0.1) is 6.92 Å². The summed E-state index contributed by atoms with van der Waals surface area (Å²) < 4.78 is 0. The zero-order chi connectivity index (χ0) is 26.9. The summed E-state index contributed by atoms with van der Waals surface area (Å²) in [6.07, 6.45) is 2.32. The predicted molar refractivity (Wildman–Crippen MR) is 170 cm³/mol. The van der Waals surface area contributed by atoms with Crippen molar-refractivity contribution in [3.63, 3.8) is 0 Å². The van der Waals surface area contributed by atoms with Crippen LogP contribution in [0.15, 0.2) is 133 Å². The van der Waals surface area contributed by atoms with E-state index in [1.54, 1.807) is 0 Å². The van der Waals surface area contributed by atoms with Gasteiger partial charge in [-0.05, 0) is 77.1 Å². The van der Waals surface area contributed by atoms with Crippen LogP contribution in [-0.2, 0) is 13.0 Å². The van der Waals surface area contributed by atoms with Gasteiger partial charge in [-0.15, -0.1) is 0 Å². The maximum atomic E-state index is 2.63. The van der Waals surface area contributed by atoms with Gasteiger partial charge < -0.3 is 4.90 Å². The number of rotatable bonds is 6. The molecule has 0 atom stereocenters. The van der Waals surface area contributed by atoms with Gasteiger partial charge in [-0.1, -0.05) is 127 Å². The zero-order valence-corrected chi connectivity index (χ0v) is 24.3. The maximum absolute atomic E-state index is 2.63. The molecule has 0 amide bonds. The molecule has 1 aliphatic rings. The minimum absolute atomic E-state index is 0.121. The van der Waals surface area contributed by atoms with E-state index in [1.165, 1.54) is 49.5 Å². The summed E-state index contributed by atoms with van der Waals surface area (Å²) in [5.74, 6) is 0. The van der Waals surface area contributed by atoms with E-state index in [9.17, 15) is 0 Å². The number of benzene rings is 5. The van der Waals surface area contributed by atoms with Crippen LogP contribution in [0.5, 0.6) is 0 Å². The monoisotopic (exact) mass is 523 g/mol. The van der Waals surface area contributed by atoms with E-state index in [1.807, 2.05) is 0 Å². The number of hydrogen-bond acceptors (Lipinski definition) is 1. The molecular formula is C37H37NSi. The Hall–Kier alpha value is -3.88. The topological polar surface area (TPSA) is 3.24 Å². The summed E-state index contributed by atoms with van der Waals surface area (Å²) in [7, 11) is -2.48. The highest BCUT2D eigenvalue weighted by Crippen LogP contribution is 2.38. The molecule has 1 nitrogen and oxygen atoms in total. The molecule has 0 saturated heterocycles. The highest BCUT2D eigenvalue weighted by Gasteiger charge is 2.41. The molecular weight excluding hydrogens is 487 g/mol. The molecule has 6 rings (SSSR count). The Kier molecular flexibility index (Phi) is 6.74. The maximum Gasteiger partial charge on any atom is 0.179 e. The third-order valence-corrected chi connectivity index (χ3v) is 13.4. The Morgan fingerprint density at radius 1 is 0.615 bits per heavy atom. The number of nitrogens with zero attached hydrogens (tertiary/aromatic N) is 1. The molecule has 0 bridgehead atoms. The fraction of sp³-hybridized carbons (Fsp3) is 0.189. The summed E-state index contributed by atoms with van der Waals surface area (Å²) in [6, 6.07) is 50.1. The molecule has 2 heteroatoms.